The topological polar surface area (TPSA) is 42.4 Å². The van der Waals surface area contributed by atoms with Crippen molar-refractivity contribution in [1.29, 1.82) is 0 Å². The molecule has 0 radical (unpaired) electrons. The van der Waals surface area contributed by atoms with Gasteiger partial charge >= 0.3 is 0 Å². The quantitative estimate of drug-likeness (QED) is 0.807. The number of carbonyl (C=O) groups excluding carboxylic acids is 1. The molecule has 0 bridgehead atoms. The zero-order chi connectivity index (χ0) is 13.7. The first-order valence-electron chi connectivity index (χ1n) is 6.38. The van der Waals surface area contributed by atoms with Crippen molar-refractivity contribution in [3.05, 3.63) is 23.9 Å². The molecular weight excluding hydrogens is 228 g/mol. The van der Waals surface area contributed by atoms with Crippen LogP contribution in [0.5, 0.6) is 5.88 Å². The second-order valence-corrected chi connectivity index (χ2v) is 4.72. The maximum absolute atomic E-state index is 12.4. The van der Waals surface area contributed by atoms with Gasteiger partial charge in [0.25, 0.3) is 5.91 Å². The monoisotopic (exact) mass is 250 g/mol. The van der Waals surface area contributed by atoms with Gasteiger partial charge in [0.15, 0.2) is 0 Å². The minimum Gasteiger partial charge on any atom is -0.478 e. The molecule has 18 heavy (non-hydrogen) atoms. The number of nitrogens with zero attached hydrogens (tertiary/aromatic N) is 2. The van der Waals surface area contributed by atoms with E-state index in [1.54, 1.807) is 18.3 Å². The summed E-state index contributed by atoms with van der Waals surface area (Å²) >= 11 is 0. The molecule has 1 aromatic rings. The molecule has 0 saturated carbocycles. The lowest BCUT2D eigenvalue weighted by Gasteiger charge is -2.30. The Hall–Kier alpha value is -1.58. The summed E-state index contributed by atoms with van der Waals surface area (Å²) in [5.74, 6) is 0.513. The van der Waals surface area contributed by atoms with Crippen LogP contribution in [-0.4, -0.2) is 34.5 Å². The number of rotatable bonds is 5. The van der Waals surface area contributed by atoms with Crippen LogP contribution in [0.2, 0.25) is 0 Å². The molecule has 0 spiro atoms. The third-order valence-electron chi connectivity index (χ3n) is 2.62. The molecule has 0 aliphatic heterocycles. The molecule has 0 aliphatic rings. The second-order valence-electron chi connectivity index (χ2n) is 4.72. The van der Waals surface area contributed by atoms with E-state index in [9.17, 15) is 4.79 Å². The molecule has 1 amide bonds. The van der Waals surface area contributed by atoms with E-state index in [-0.39, 0.29) is 18.0 Å². The Labute approximate surface area is 109 Å². The van der Waals surface area contributed by atoms with Gasteiger partial charge in [-0.15, -0.1) is 0 Å². The molecule has 0 aliphatic carbocycles. The van der Waals surface area contributed by atoms with Gasteiger partial charge in [-0.1, -0.05) is 0 Å². The summed E-state index contributed by atoms with van der Waals surface area (Å²) < 4.78 is 5.32. The fourth-order valence-electron chi connectivity index (χ4n) is 1.98. The highest BCUT2D eigenvalue weighted by Gasteiger charge is 2.21. The predicted octanol–water partition coefficient (Wildman–Crippen LogP) is 2.74. The molecule has 1 heterocycles. The zero-order valence-electron chi connectivity index (χ0n) is 11.8. The van der Waals surface area contributed by atoms with E-state index in [4.69, 9.17) is 4.74 Å². The lowest BCUT2D eigenvalue weighted by atomic mass is 10.1. The van der Waals surface area contributed by atoms with Gasteiger partial charge < -0.3 is 9.64 Å². The van der Waals surface area contributed by atoms with Gasteiger partial charge in [-0.2, -0.15) is 0 Å². The van der Waals surface area contributed by atoms with Crippen LogP contribution in [0.25, 0.3) is 0 Å². The first-order valence-corrected chi connectivity index (χ1v) is 6.38. The number of hydrogen-bond donors (Lipinski definition) is 0. The standard InChI is InChI=1S/C14H22N2O2/c1-6-18-13-9-12(7-8-15-13)14(17)16(10(2)3)11(4)5/h7-11H,6H2,1-5H3. The fraction of sp³-hybridized carbons (Fsp3) is 0.571. The van der Waals surface area contributed by atoms with E-state index in [0.29, 0.717) is 18.1 Å². The Balaban J connectivity index is 2.98. The Kier molecular flexibility index (Phi) is 5.13. The van der Waals surface area contributed by atoms with Gasteiger partial charge in [-0.05, 0) is 40.7 Å². The first kappa shape index (κ1) is 14.5. The molecule has 0 fully saturated rings. The summed E-state index contributed by atoms with van der Waals surface area (Å²) in [6.45, 7) is 10.5. The van der Waals surface area contributed by atoms with E-state index in [1.807, 2.05) is 39.5 Å². The number of carbonyl (C=O) groups is 1. The van der Waals surface area contributed by atoms with E-state index < -0.39 is 0 Å². The molecule has 0 saturated heterocycles. The van der Waals surface area contributed by atoms with E-state index in [1.165, 1.54) is 0 Å². The summed E-state index contributed by atoms with van der Waals surface area (Å²) in [6.07, 6.45) is 1.61. The molecule has 0 atom stereocenters. The van der Waals surface area contributed by atoms with Crippen molar-refractivity contribution in [3.8, 4) is 5.88 Å². The molecule has 0 aromatic carbocycles. The number of hydrogen-bond acceptors (Lipinski definition) is 3. The Morgan fingerprint density at radius 1 is 1.33 bits per heavy atom. The average molecular weight is 250 g/mol. The van der Waals surface area contributed by atoms with Gasteiger partial charge in [0, 0.05) is 29.9 Å². The van der Waals surface area contributed by atoms with Crippen molar-refractivity contribution in [2.24, 2.45) is 0 Å². The summed E-state index contributed by atoms with van der Waals surface area (Å²) in [4.78, 5) is 18.3. The van der Waals surface area contributed by atoms with Crippen LogP contribution in [0.1, 0.15) is 45.0 Å². The molecule has 1 rings (SSSR count). The van der Waals surface area contributed by atoms with E-state index >= 15 is 0 Å². The van der Waals surface area contributed by atoms with Crippen molar-refractivity contribution in [1.82, 2.24) is 9.88 Å². The molecule has 100 valence electrons. The number of pyridine rings is 1. The Morgan fingerprint density at radius 2 is 1.94 bits per heavy atom. The molecule has 0 unspecified atom stereocenters. The van der Waals surface area contributed by atoms with Gasteiger partial charge in [-0.3, -0.25) is 4.79 Å². The van der Waals surface area contributed by atoms with Crippen molar-refractivity contribution in [2.75, 3.05) is 6.61 Å². The van der Waals surface area contributed by atoms with Crippen LogP contribution in [0, 0.1) is 0 Å². The van der Waals surface area contributed by atoms with E-state index in [0.717, 1.165) is 0 Å². The van der Waals surface area contributed by atoms with Gasteiger partial charge in [0.05, 0.1) is 6.61 Å². The van der Waals surface area contributed by atoms with Crippen LogP contribution in [0.15, 0.2) is 18.3 Å². The highest BCUT2D eigenvalue weighted by molar-refractivity contribution is 5.94. The Morgan fingerprint density at radius 3 is 2.44 bits per heavy atom. The predicted molar refractivity (Wildman–Crippen MR) is 71.8 cm³/mol. The van der Waals surface area contributed by atoms with Crippen LogP contribution < -0.4 is 4.74 Å². The van der Waals surface area contributed by atoms with Crippen LogP contribution in [0.3, 0.4) is 0 Å². The number of aromatic nitrogens is 1. The highest BCUT2D eigenvalue weighted by Crippen LogP contribution is 2.15. The molecule has 4 nitrogen and oxygen atoms in total. The zero-order valence-corrected chi connectivity index (χ0v) is 11.8. The number of amides is 1. The fourth-order valence-corrected chi connectivity index (χ4v) is 1.98. The molecule has 0 N–H and O–H groups in total. The molecule has 4 heteroatoms. The van der Waals surface area contributed by atoms with Crippen LogP contribution in [-0.2, 0) is 0 Å². The number of ether oxygens (including phenoxy) is 1. The van der Waals surface area contributed by atoms with E-state index in [2.05, 4.69) is 4.98 Å². The van der Waals surface area contributed by atoms with Crippen molar-refractivity contribution >= 4 is 5.91 Å². The largest absolute Gasteiger partial charge is 0.478 e. The summed E-state index contributed by atoms with van der Waals surface area (Å²) in [6, 6.07) is 3.76. The minimum absolute atomic E-state index is 0.0170. The first-order chi connectivity index (χ1) is 8.47. The average Bonchev–Trinajstić information content (AvgIpc) is 2.28. The van der Waals surface area contributed by atoms with Crippen molar-refractivity contribution in [2.45, 2.75) is 46.7 Å². The lowest BCUT2D eigenvalue weighted by molar-refractivity contribution is 0.0643. The Bertz CT molecular complexity index is 395. The van der Waals surface area contributed by atoms with Gasteiger partial charge in [0.1, 0.15) is 0 Å². The summed E-state index contributed by atoms with van der Waals surface area (Å²) in [5, 5.41) is 0. The SMILES string of the molecule is CCOc1cc(C(=O)N(C(C)C)C(C)C)ccn1. The second kappa shape index (κ2) is 6.38. The summed E-state index contributed by atoms with van der Waals surface area (Å²) in [5.41, 5.74) is 0.621. The molecule has 1 aromatic heterocycles. The summed E-state index contributed by atoms with van der Waals surface area (Å²) in [7, 11) is 0. The maximum Gasteiger partial charge on any atom is 0.254 e. The third-order valence-corrected chi connectivity index (χ3v) is 2.62. The molecular formula is C14H22N2O2. The third kappa shape index (κ3) is 3.45. The smallest absolute Gasteiger partial charge is 0.254 e. The normalized spacial score (nSPS) is 10.8. The maximum atomic E-state index is 12.4. The van der Waals surface area contributed by atoms with Gasteiger partial charge in [-0.25, -0.2) is 4.98 Å². The van der Waals surface area contributed by atoms with Crippen molar-refractivity contribution in [3.63, 3.8) is 0 Å². The minimum atomic E-state index is 0.0170. The van der Waals surface area contributed by atoms with Gasteiger partial charge in [0.2, 0.25) is 5.88 Å². The van der Waals surface area contributed by atoms with Crippen LogP contribution in [0.4, 0.5) is 0 Å². The highest BCUT2D eigenvalue weighted by atomic mass is 16.5. The lowest BCUT2D eigenvalue weighted by Crippen LogP contribution is -2.42. The van der Waals surface area contributed by atoms with Crippen molar-refractivity contribution < 1.29 is 9.53 Å². The van der Waals surface area contributed by atoms with Crippen LogP contribution >= 0.6 is 0 Å².